The van der Waals surface area contributed by atoms with Gasteiger partial charge in [0.15, 0.2) is 0 Å². The predicted octanol–water partition coefficient (Wildman–Crippen LogP) is 2.69. The number of ketones is 1. The van der Waals surface area contributed by atoms with Crippen LogP contribution in [0, 0.1) is 0 Å². The lowest BCUT2D eigenvalue weighted by Gasteiger charge is -2.13. The molecule has 0 fully saturated rings. The van der Waals surface area contributed by atoms with Crippen molar-refractivity contribution in [1.82, 2.24) is 9.13 Å². The fraction of sp³-hybridized carbons (Fsp3) is 0.350. The number of carbonyl (C=O) groups is 1. The van der Waals surface area contributed by atoms with Gasteiger partial charge in [0.05, 0.1) is 24.7 Å². The molecule has 0 N–H and O–H groups in total. The van der Waals surface area contributed by atoms with Gasteiger partial charge in [-0.3, -0.25) is 14.2 Å². The number of carbonyl (C=O) groups excluding carboxylic acids is 1. The molecule has 1 aliphatic rings. The van der Waals surface area contributed by atoms with Crippen LogP contribution in [-0.4, -0.2) is 22.0 Å². The van der Waals surface area contributed by atoms with Crippen molar-refractivity contribution in [2.75, 3.05) is 7.11 Å². The summed E-state index contributed by atoms with van der Waals surface area (Å²) in [6.45, 7) is 1.42. The zero-order valence-corrected chi connectivity index (χ0v) is 16.1. The highest BCUT2D eigenvalue weighted by Crippen LogP contribution is 2.34. The van der Waals surface area contributed by atoms with E-state index in [1.165, 1.54) is 27.4 Å². The number of hydrogen-bond acceptors (Lipinski definition) is 5. The van der Waals surface area contributed by atoms with Gasteiger partial charge in [-0.2, -0.15) is 0 Å². The highest BCUT2D eigenvalue weighted by molar-refractivity contribution is 7.18. The number of fused-ring (bicyclic) bond motifs is 3. The van der Waals surface area contributed by atoms with E-state index in [4.69, 9.17) is 4.74 Å². The van der Waals surface area contributed by atoms with Crippen molar-refractivity contribution in [1.29, 1.82) is 0 Å². The van der Waals surface area contributed by atoms with Gasteiger partial charge in [0, 0.05) is 4.88 Å². The van der Waals surface area contributed by atoms with Gasteiger partial charge in [-0.05, 0) is 62.4 Å². The number of ether oxygens (including phenoxy) is 1. The van der Waals surface area contributed by atoms with Crippen molar-refractivity contribution in [3.05, 3.63) is 55.5 Å². The van der Waals surface area contributed by atoms with Gasteiger partial charge >= 0.3 is 5.69 Å². The van der Waals surface area contributed by atoms with Crippen LogP contribution in [-0.2, 0) is 24.2 Å². The second kappa shape index (κ2) is 6.81. The lowest BCUT2D eigenvalue weighted by molar-refractivity contribution is -0.117. The SMILES string of the molecule is COc1ccc(-n2c(=O)c3c4c(sc3n(CC(C)=O)c2=O)CCCC4)cc1. The molecule has 0 aliphatic heterocycles. The Kier molecular flexibility index (Phi) is 4.47. The van der Waals surface area contributed by atoms with E-state index in [9.17, 15) is 14.4 Å². The van der Waals surface area contributed by atoms with E-state index in [1.54, 1.807) is 31.4 Å². The molecular weight excluding hydrogens is 364 g/mol. The van der Waals surface area contributed by atoms with E-state index in [1.807, 2.05) is 0 Å². The topological polar surface area (TPSA) is 70.3 Å². The van der Waals surface area contributed by atoms with Crippen molar-refractivity contribution < 1.29 is 9.53 Å². The zero-order chi connectivity index (χ0) is 19.1. The normalized spacial score (nSPS) is 13.6. The molecule has 1 aromatic carbocycles. The molecule has 1 aliphatic carbocycles. The van der Waals surface area contributed by atoms with Gasteiger partial charge in [-0.25, -0.2) is 9.36 Å². The zero-order valence-electron chi connectivity index (χ0n) is 15.3. The first-order valence-corrected chi connectivity index (χ1v) is 9.77. The molecule has 0 unspecified atom stereocenters. The molecule has 2 heterocycles. The standard InChI is InChI=1S/C20H20N2O4S/c1-12(23)11-21-19-17(15-5-3-4-6-16(15)27-19)18(24)22(20(21)25)13-7-9-14(26-2)10-8-13/h7-10H,3-6,11H2,1-2H3. The Morgan fingerprint density at radius 1 is 1.15 bits per heavy atom. The predicted molar refractivity (Wildman–Crippen MR) is 106 cm³/mol. The second-order valence-electron chi connectivity index (χ2n) is 6.80. The molecule has 0 amide bonds. The Morgan fingerprint density at radius 2 is 1.85 bits per heavy atom. The van der Waals surface area contributed by atoms with Crippen LogP contribution in [0.2, 0.25) is 0 Å². The molecule has 2 aromatic heterocycles. The Morgan fingerprint density at radius 3 is 2.52 bits per heavy atom. The summed E-state index contributed by atoms with van der Waals surface area (Å²) in [6.07, 6.45) is 3.88. The summed E-state index contributed by atoms with van der Waals surface area (Å²) < 4.78 is 7.78. The molecule has 0 radical (unpaired) electrons. The summed E-state index contributed by atoms with van der Waals surface area (Å²) in [4.78, 5) is 40.1. The van der Waals surface area contributed by atoms with Crippen molar-refractivity contribution in [3.63, 3.8) is 0 Å². The summed E-state index contributed by atoms with van der Waals surface area (Å²) in [5, 5.41) is 0.589. The summed E-state index contributed by atoms with van der Waals surface area (Å²) in [5.41, 5.74) is 0.734. The van der Waals surface area contributed by atoms with Crippen LogP contribution in [0.15, 0.2) is 33.9 Å². The molecule has 3 aromatic rings. The minimum atomic E-state index is -0.480. The molecule has 0 saturated heterocycles. The van der Waals surface area contributed by atoms with Gasteiger partial charge < -0.3 is 4.74 Å². The highest BCUT2D eigenvalue weighted by atomic mass is 32.1. The minimum absolute atomic E-state index is 0.0365. The Hall–Kier alpha value is -2.67. The van der Waals surface area contributed by atoms with Gasteiger partial charge in [-0.1, -0.05) is 0 Å². The molecule has 0 atom stereocenters. The number of rotatable bonds is 4. The molecule has 140 valence electrons. The Labute approximate surface area is 159 Å². The lowest BCUT2D eigenvalue weighted by atomic mass is 9.97. The maximum Gasteiger partial charge on any atom is 0.337 e. The van der Waals surface area contributed by atoms with E-state index in [0.29, 0.717) is 21.7 Å². The first kappa shape index (κ1) is 17.7. The van der Waals surface area contributed by atoms with Gasteiger partial charge in [0.1, 0.15) is 16.4 Å². The molecule has 27 heavy (non-hydrogen) atoms. The van der Waals surface area contributed by atoms with Crippen LogP contribution in [0.3, 0.4) is 0 Å². The number of Topliss-reactive ketones (excluding diaryl/α,β-unsaturated/α-hetero) is 1. The molecule has 0 saturated carbocycles. The Bertz CT molecular complexity index is 1150. The maximum atomic E-state index is 13.3. The number of aromatic nitrogens is 2. The highest BCUT2D eigenvalue weighted by Gasteiger charge is 2.24. The third kappa shape index (κ3) is 2.92. The van der Waals surface area contributed by atoms with E-state index >= 15 is 0 Å². The van der Waals surface area contributed by atoms with E-state index in [2.05, 4.69) is 0 Å². The summed E-state index contributed by atoms with van der Waals surface area (Å²) >= 11 is 1.48. The number of nitrogens with zero attached hydrogens (tertiary/aromatic N) is 2. The smallest absolute Gasteiger partial charge is 0.337 e. The monoisotopic (exact) mass is 384 g/mol. The summed E-state index contributed by atoms with van der Waals surface area (Å²) in [5.74, 6) is 0.523. The fourth-order valence-corrected chi connectivity index (χ4v) is 5.06. The second-order valence-corrected chi connectivity index (χ2v) is 7.88. The molecule has 0 bridgehead atoms. The molecular formula is C20H20N2O4S. The number of aryl methyl sites for hydroxylation is 2. The van der Waals surface area contributed by atoms with Crippen LogP contribution in [0.25, 0.3) is 15.9 Å². The molecule has 7 heteroatoms. The largest absolute Gasteiger partial charge is 0.497 e. The Balaban J connectivity index is 2.07. The van der Waals surface area contributed by atoms with Crippen LogP contribution in [0.5, 0.6) is 5.75 Å². The quantitative estimate of drug-likeness (QED) is 0.693. The van der Waals surface area contributed by atoms with Crippen LogP contribution < -0.4 is 16.0 Å². The molecule has 0 spiro atoms. The minimum Gasteiger partial charge on any atom is -0.497 e. The van der Waals surface area contributed by atoms with Crippen LogP contribution in [0.1, 0.15) is 30.2 Å². The first-order chi connectivity index (χ1) is 13.0. The van der Waals surface area contributed by atoms with E-state index in [0.717, 1.165) is 36.1 Å². The third-order valence-corrected chi connectivity index (χ3v) is 6.26. The van der Waals surface area contributed by atoms with Crippen molar-refractivity contribution in [2.45, 2.75) is 39.2 Å². The van der Waals surface area contributed by atoms with Gasteiger partial charge in [0.25, 0.3) is 5.56 Å². The average Bonchev–Trinajstić information content (AvgIpc) is 3.05. The van der Waals surface area contributed by atoms with Gasteiger partial charge in [-0.15, -0.1) is 11.3 Å². The van der Waals surface area contributed by atoms with Crippen molar-refractivity contribution >= 4 is 27.3 Å². The van der Waals surface area contributed by atoms with Crippen molar-refractivity contribution in [2.24, 2.45) is 0 Å². The lowest BCUT2D eigenvalue weighted by Crippen LogP contribution is -2.39. The van der Waals surface area contributed by atoms with E-state index < -0.39 is 5.69 Å². The summed E-state index contributed by atoms with van der Waals surface area (Å²) in [7, 11) is 1.56. The number of benzene rings is 1. The molecule has 4 rings (SSSR count). The first-order valence-electron chi connectivity index (χ1n) is 8.95. The van der Waals surface area contributed by atoms with Gasteiger partial charge in [0.2, 0.25) is 0 Å². The average molecular weight is 384 g/mol. The number of thiophene rings is 1. The van der Waals surface area contributed by atoms with Crippen molar-refractivity contribution in [3.8, 4) is 11.4 Å². The number of hydrogen-bond donors (Lipinski definition) is 0. The van der Waals surface area contributed by atoms with Crippen LogP contribution in [0.4, 0.5) is 0 Å². The molecule has 6 nitrogen and oxygen atoms in total. The third-order valence-electron chi connectivity index (χ3n) is 4.95. The van der Waals surface area contributed by atoms with Crippen LogP contribution >= 0.6 is 11.3 Å². The van der Waals surface area contributed by atoms with E-state index in [-0.39, 0.29) is 17.9 Å². The fourth-order valence-electron chi connectivity index (χ4n) is 3.69. The number of methoxy groups -OCH3 is 1. The maximum absolute atomic E-state index is 13.3. The summed E-state index contributed by atoms with van der Waals surface area (Å²) in [6, 6.07) is 6.79.